The first-order valence-corrected chi connectivity index (χ1v) is 8.78. The number of alkyl halides is 6. The Labute approximate surface area is 169 Å². The number of hydrogen-bond donors (Lipinski definition) is 0. The number of ether oxygens (including phenoxy) is 1. The zero-order valence-electron chi connectivity index (χ0n) is 16.6. The molecule has 0 aliphatic heterocycles. The van der Waals surface area contributed by atoms with Crippen molar-refractivity contribution in [1.82, 2.24) is 4.98 Å². The fourth-order valence-corrected chi connectivity index (χ4v) is 2.52. The Morgan fingerprint density at radius 1 is 0.967 bits per heavy atom. The van der Waals surface area contributed by atoms with E-state index in [1.54, 1.807) is 33.8 Å². The van der Waals surface area contributed by atoms with Crippen LogP contribution in [0.25, 0.3) is 0 Å². The molecule has 0 radical (unpaired) electrons. The van der Waals surface area contributed by atoms with E-state index >= 15 is 0 Å². The van der Waals surface area contributed by atoms with Gasteiger partial charge in [-0.15, -0.1) is 0 Å². The van der Waals surface area contributed by atoms with Gasteiger partial charge in [0.2, 0.25) is 0 Å². The van der Waals surface area contributed by atoms with Gasteiger partial charge in [0.25, 0.3) is 0 Å². The Morgan fingerprint density at radius 2 is 1.50 bits per heavy atom. The SMILES string of the molecule is Cc1ccnc(N(Cc2cc(C(F)(F)F)cc(C(F)(F)F)c2)C(=O)OC(C)(C)C)c1. The maximum absolute atomic E-state index is 13.1. The molecule has 4 nitrogen and oxygen atoms in total. The number of nitrogens with zero attached hydrogens (tertiary/aromatic N) is 2. The van der Waals surface area contributed by atoms with Crippen molar-refractivity contribution in [2.24, 2.45) is 0 Å². The molecular formula is C20H20F6N2O2. The van der Waals surface area contributed by atoms with Gasteiger partial charge < -0.3 is 4.74 Å². The molecule has 164 valence electrons. The van der Waals surface area contributed by atoms with Crippen LogP contribution in [0.2, 0.25) is 0 Å². The van der Waals surface area contributed by atoms with Crippen LogP contribution in [-0.2, 0) is 23.6 Å². The molecule has 1 heterocycles. The van der Waals surface area contributed by atoms with Gasteiger partial charge in [-0.1, -0.05) is 0 Å². The maximum atomic E-state index is 13.1. The summed E-state index contributed by atoms with van der Waals surface area (Å²) < 4.78 is 84.1. The van der Waals surface area contributed by atoms with E-state index in [0.29, 0.717) is 17.7 Å². The third kappa shape index (κ3) is 6.36. The van der Waals surface area contributed by atoms with E-state index in [1.807, 2.05) is 0 Å². The summed E-state index contributed by atoms with van der Waals surface area (Å²) in [5.74, 6) is 0.0372. The van der Waals surface area contributed by atoms with E-state index in [-0.39, 0.29) is 17.4 Å². The predicted molar refractivity (Wildman–Crippen MR) is 97.8 cm³/mol. The molecule has 0 saturated heterocycles. The van der Waals surface area contributed by atoms with Gasteiger partial charge in [-0.3, -0.25) is 4.90 Å². The zero-order valence-corrected chi connectivity index (χ0v) is 16.6. The van der Waals surface area contributed by atoms with E-state index in [4.69, 9.17) is 4.74 Å². The normalized spacial score (nSPS) is 12.6. The summed E-state index contributed by atoms with van der Waals surface area (Å²) >= 11 is 0. The number of halogens is 6. The number of amides is 1. The van der Waals surface area contributed by atoms with Crippen molar-refractivity contribution in [3.63, 3.8) is 0 Å². The largest absolute Gasteiger partial charge is 0.443 e. The molecule has 1 aromatic carbocycles. The lowest BCUT2D eigenvalue weighted by Gasteiger charge is -2.27. The van der Waals surface area contributed by atoms with Crippen LogP contribution < -0.4 is 4.90 Å². The third-order valence-corrected chi connectivity index (χ3v) is 3.78. The van der Waals surface area contributed by atoms with Crippen LogP contribution in [0.1, 0.15) is 43.0 Å². The van der Waals surface area contributed by atoms with E-state index in [1.165, 1.54) is 12.3 Å². The molecule has 0 bridgehead atoms. The van der Waals surface area contributed by atoms with Crippen molar-refractivity contribution < 1.29 is 35.9 Å². The highest BCUT2D eigenvalue weighted by Crippen LogP contribution is 2.37. The Kier molecular flexibility index (Phi) is 6.39. The second kappa shape index (κ2) is 8.16. The van der Waals surface area contributed by atoms with Gasteiger partial charge in [-0.05, 0) is 69.2 Å². The molecule has 0 spiro atoms. The molecule has 0 unspecified atom stereocenters. The zero-order chi connectivity index (χ0) is 22.9. The van der Waals surface area contributed by atoms with Crippen LogP contribution in [0.5, 0.6) is 0 Å². The predicted octanol–water partition coefficient (Wildman–Crippen LogP) is 6.37. The van der Waals surface area contributed by atoms with Crippen molar-refractivity contribution in [2.45, 2.75) is 52.2 Å². The summed E-state index contributed by atoms with van der Waals surface area (Å²) in [5, 5.41) is 0. The molecule has 10 heteroatoms. The summed E-state index contributed by atoms with van der Waals surface area (Å²) in [6, 6.07) is 4.28. The molecule has 0 saturated carbocycles. The minimum absolute atomic E-state index is 0.0340. The number of carbonyl (C=O) groups excluding carboxylic acids is 1. The van der Waals surface area contributed by atoms with E-state index < -0.39 is 41.7 Å². The number of aryl methyl sites for hydroxylation is 1. The standard InChI is InChI=1S/C20H20F6N2O2/c1-12-5-6-27-16(7-12)28(17(29)30-18(2,3)4)11-13-8-14(19(21,22)23)10-15(9-13)20(24,25)26/h5-10H,11H2,1-4H3. The number of pyridine rings is 1. The summed E-state index contributed by atoms with van der Waals surface area (Å²) in [6.07, 6.45) is -9.57. The van der Waals surface area contributed by atoms with Crippen molar-refractivity contribution in [3.8, 4) is 0 Å². The number of hydrogen-bond acceptors (Lipinski definition) is 3. The van der Waals surface area contributed by atoms with Gasteiger partial charge in [0, 0.05) is 6.20 Å². The molecule has 0 aliphatic carbocycles. The van der Waals surface area contributed by atoms with Crippen LogP contribution >= 0.6 is 0 Å². The fraction of sp³-hybridized carbons (Fsp3) is 0.400. The highest BCUT2D eigenvalue weighted by Gasteiger charge is 2.37. The van der Waals surface area contributed by atoms with Gasteiger partial charge >= 0.3 is 18.4 Å². The fourth-order valence-electron chi connectivity index (χ4n) is 2.52. The lowest BCUT2D eigenvalue weighted by molar-refractivity contribution is -0.143. The van der Waals surface area contributed by atoms with Gasteiger partial charge in [0.15, 0.2) is 0 Å². The van der Waals surface area contributed by atoms with E-state index in [2.05, 4.69) is 4.98 Å². The van der Waals surface area contributed by atoms with Crippen molar-refractivity contribution >= 4 is 11.9 Å². The van der Waals surface area contributed by atoms with E-state index in [0.717, 1.165) is 4.90 Å². The molecule has 1 amide bonds. The summed E-state index contributed by atoms with van der Waals surface area (Å²) in [6.45, 7) is 5.85. The van der Waals surface area contributed by atoms with Crippen LogP contribution in [0.3, 0.4) is 0 Å². The monoisotopic (exact) mass is 434 g/mol. The first kappa shape index (κ1) is 23.5. The molecule has 2 aromatic rings. The molecule has 30 heavy (non-hydrogen) atoms. The van der Waals surface area contributed by atoms with Gasteiger partial charge in [-0.2, -0.15) is 26.3 Å². The van der Waals surface area contributed by atoms with Gasteiger partial charge in [-0.25, -0.2) is 9.78 Å². The average Bonchev–Trinajstić information content (AvgIpc) is 2.56. The van der Waals surface area contributed by atoms with Crippen LogP contribution in [0.15, 0.2) is 36.5 Å². The third-order valence-electron chi connectivity index (χ3n) is 3.78. The quantitative estimate of drug-likeness (QED) is 0.527. The molecule has 0 aliphatic rings. The van der Waals surface area contributed by atoms with Crippen molar-refractivity contribution in [2.75, 3.05) is 4.90 Å². The molecule has 0 N–H and O–H groups in total. The van der Waals surface area contributed by atoms with Gasteiger partial charge in [0.05, 0.1) is 17.7 Å². The van der Waals surface area contributed by atoms with E-state index in [9.17, 15) is 31.1 Å². The van der Waals surface area contributed by atoms with Gasteiger partial charge in [0.1, 0.15) is 11.4 Å². The second-order valence-electron chi connectivity index (χ2n) is 7.67. The molecule has 0 atom stereocenters. The summed E-state index contributed by atoms with van der Waals surface area (Å²) in [5.41, 5.74) is -3.55. The first-order valence-electron chi connectivity index (χ1n) is 8.78. The van der Waals surface area contributed by atoms with Crippen LogP contribution in [0, 0.1) is 6.92 Å². The van der Waals surface area contributed by atoms with Crippen molar-refractivity contribution in [1.29, 1.82) is 0 Å². The summed E-state index contributed by atoms with van der Waals surface area (Å²) in [7, 11) is 0. The summed E-state index contributed by atoms with van der Waals surface area (Å²) in [4.78, 5) is 17.6. The number of carbonyl (C=O) groups is 1. The lowest BCUT2D eigenvalue weighted by Crippen LogP contribution is -2.37. The number of rotatable bonds is 3. The van der Waals surface area contributed by atoms with Crippen LogP contribution in [0.4, 0.5) is 37.0 Å². The average molecular weight is 434 g/mol. The number of anilines is 1. The highest BCUT2D eigenvalue weighted by molar-refractivity contribution is 5.86. The Balaban J connectivity index is 2.55. The molecular weight excluding hydrogens is 414 g/mol. The van der Waals surface area contributed by atoms with Crippen molar-refractivity contribution in [3.05, 3.63) is 58.8 Å². The second-order valence-corrected chi connectivity index (χ2v) is 7.67. The minimum Gasteiger partial charge on any atom is -0.443 e. The Hall–Kier alpha value is -2.78. The molecule has 1 aromatic heterocycles. The Morgan fingerprint density at radius 3 is 1.93 bits per heavy atom. The topological polar surface area (TPSA) is 42.4 Å². The first-order chi connectivity index (χ1) is 13.6. The Bertz CT molecular complexity index is 884. The highest BCUT2D eigenvalue weighted by atomic mass is 19.4. The molecule has 2 rings (SSSR count). The number of aromatic nitrogens is 1. The molecule has 0 fully saturated rings. The lowest BCUT2D eigenvalue weighted by atomic mass is 10.0. The smallest absolute Gasteiger partial charge is 0.416 e. The number of benzene rings is 1. The maximum Gasteiger partial charge on any atom is 0.416 e. The minimum atomic E-state index is -4.99. The van der Waals surface area contributed by atoms with Crippen LogP contribution in [-0.4, -0.2) is 16.7 Å².